The van der Waals surface area contributed by atoms with Crippen LogP contribution in [-0.4, -0.2) is 41.3 Å². The molecule has 0 spiro atoms. The first-order valence-electron chi connectivity index (χ1n) is 6.35. The van der Waals surface area contributed by atoms with Crippen molar-refractivity contribution in [2.24, 2.45) is 0 Å². The number of H-pyrrole nitrogens is 1. The van der Waals surface area contributed by atoms with Crippen molar-refractivity contribution in [3.63, 3.8) is 0 Å². The number of likely N-dealkylation sites (tertiary alicyclic amines) is 1. The lowest BCUT2D eigenvalue weighted by atomic mass is 10.0. The minimum Gasteiger partial charge on any atom is -0.367 e. The van der Waals surface area contributed by atoms with E-state index in [2.05, 4.69) is 10.3 Å². The van der Waals surface area contributed by atoms with Crippen LogP contribution in [-0.2, 0) is 4.79 Å². The Kier molecular flexibility index (Phi) is 3.99. The topological polar surface area (TPSA) is 82.3 Å². The molecule has 1 fully saturated rings. The Bertz CT molecular complexity index is 538. The van der Waals surface area contributed by atoms with Crippen LogP contribution in [0.25, 0.3) is 0 Å². The molecule has 19 heavy (non-hydrogen) atoms. The van der Waals surface area contributed by atoms with Crippen LogP contribution in [0, 0.1) is 0 Å². The predicted molar refractivity (Wildman–Crippen MR) is 69.8 cm³/mol. The van der Waals surface area contributed by atoms with Crippen LogP contribution in [0.4, 0.5) is 0 Å². The number of nitrogens with zero attached hydrogens (tertiary/aromatic N) is 1. The van der Waals surface area contributed by atoms with Crippen molar-refractivity contribution < 1.29 is 9.59 Å². The lowest BCUT2D eigenvalue weighted by Gasteiger charge is -2.34. The van der Waals surface area contributed by atoms with Crippen molar-refractivity contribution >= 4 is 11.8 Å². The van der Waals surface area contributed by atoms with E-state index in [1.807, 2.05) is 0 Å². The summed E-state index contributed by atoms with van der Waals surface area (Å²) in [6, 6.07) is 0.831. The number of aromatic amines is 1. The van der Waals surface area contributed by atoms with Gasteiger partial charge >= 0.3 is 0 Å². The molecule has 1 aliphatic heterocycles. The second-order valence-electron chi connectivity index (χ2n) is 4.55. The van der Waals surface area contributed by atoms with E-state index in [0.717, 1.165) is 12.8 Å². The summed E-state index contributed by atoms with van der Waals surface area (Å²) in [5, 5.41) is 2.57. The van der Waals surface area contributed by atoms with Gasteiger partial charge in [-0.05, 0) is 19.3 Å². The minimum absolute atomic E-state index is 0.0818. The molecule has 0 saturated carbocycles. The third-order valence-electron chi connectivity index (χ3n) is 3.37. The molecule has 1 saturated heterocycles. The van der Waals surface area contributed by atoms with Gasteiger partial charge in [-0.2, -0.15) is 0 Å². The highest BCUT2D eigenvalue weighted by molar-refractivity contribution is 5.97. The van der Waals surface area contributed by atoms with Crippen LogP contribution in [0.2, 0.25) is 0 Å². The smallest absolute Gasteiger partial charge is 0.259 e. The Balaban J connectivity index is 2.28. The van der Waals surface area contributed by atoms with Gasteiger partial charge in [0.25, 0.3) is 5.91 Å². The molecule has 2 amide bonds. The van der Waals surface area contributed by atoms with Crippen LogP contribution in [0.3, 0.4) is 0 Å². The lowest BCUT2D eigenvalue weighted by molar-refractivity contribution is -0.126. The molecule has 0 bridgehead atoms. The molecule has 0 aromatic carbocycles. The van der Waals surface area contributed by atoms with Gasteiger partial charge in [0.15, 0.2) is 5.43 Å². The van der Waals surface area contributed by atoms with Crippen LogP contribution in [0.1, 0.15) is 29.6 Å². The van der Waals surface area contributed by atoms with E-state index in [0.29, 0.717) is 13.0 Å². The van der Waals surface area contributed by atoms with E-state index in [4.69, 9.17) is 0 Å². The summed E-state index contributed by atoms with van der Waals surface area (Å²) < 4.78 is 0. The number of rotatable bonds is 2. The van der Waals surface area contributed by atoms with Crippen molar-refractivity contribution in [2.75, 3.05) is 13.6 Å². The normalized spacial score (nSPS) is 19.0. The van der Waals surface area contributed by atoms with Crippen molar-refractivity contribution in [3.8, 4) is 0 Å². The highest BCUT2D eigenvalue weighted by atomic mass is 16.2. The number of carbonyl (C=O) groups excluding carboxylic acids is 2. The number of hydrogen-bond donors (Lipinski definition) is 2. The number of pyridine rings is 1. The molecule has 1 unspecified atom stereocenters. The average molecular weight is 263 g/mol. The zero-order valence-electron chi connectivity index (χ0n) is 10.8. The Morgan fingerprint density at radius 2 is 2.21 bits per heavy atom. The summed E-state index contributed by atoms with van der Waals surface area (Å²) in [6.07, 6.45) is 5.26. The number of likely N-dealkylation sites (N-methyl/N-ethyl adjacent to an activating group) is 1. The van der Waals surface area contributed by atoms with Gasteiger partial charge in [-0.1, -0.05) is 0 Å². The van der Waals surface area contributed by atoms with Crippen molar-refractivity contribution in [2.45, 2.75) is 25.3 Å². The largest absolute Gasteiger partial charge is 0.367 e. The summed E-state index contributed by atoms with van der Waals surface area (Å²) in [7, 11) is 1.55. The summed E-state index contributed by atoms with van der Waals surface area (Å²) in [6.45, 7) is 0.505. The molecule has 6 heteroatoms. The fourth-order valence-corrected chi connectivity index (χ4v) is 2.35. The Morgan fingerprint density at radius 3 is 2.89 bits per heavy atom. The number of nitrogens with one attached hydrogen (secondary N) is 2. The Labute approximate surface area is 110 Å². The van der Waals surface area contributed by atoms with Gasteiger partial charge in [-0.3, -0.25) is 14.4 Å². The van der Waals surface area contributed by atoms with Gasteiger partial charge in [0.2, 0.25) is 5.91 Å². The SMILES string of the molecule is CNC(=O)C1CCCCN1C(=O)c1c[nH]ccc1=O. The Hall–Kier alpha value is -2.11. The maximum Gasteiger partial charge on any atom is 0.259 e. The number of aromatic nitrogens is 1. The van der Waals surface area contributed by atoms with Gasteiger partial charge in [0.05, 0.1) is 0 Å². The first kappa shape index (κ1) is 13.3. The first-order chi connectivity index (χ1) is 9.15. The summed E-state index contributed by atoms with van der Waals surface area (Å²) in [5.41, 5.74) is -0.247. The lowest BCUT2D eigenvalue weighted by Crippen LogP contribution is -2.52. The van der Waals surface area contributed by atoms with Gasteiger partial charge in [0, 0.05) is 32.1 Å². The molecular weight excluding hydrogens is 246 g/mol. The second-order valence-corrected chi connectivity index (χ2v) is 4.55. The molecular formula is C13H17N3O3. The highest BCUT2D eigenvalue weighted by Gasteiger charge is 2.32. The average Bonchev–Trinajstić information content (AvgIpc) is 2.46. The highest BCUT2D eigenvalue weighted by Crippen LogP contribution is 2.18. The van der Waals surface area contributed by atoms with Gasteiger partial charge < -0.3 is 15.2 Å². The molecule has 1 aromatic heterocycles. The summed E-state index contributed by atoms with van der Waals surface area (Å²) in [4.78, 5) is 40.1. The van der Waals surface area contributed by atoms with Crippen LogP contribution in [0.5, 0.6) is 0 Å². The van der Waals surface area contributed by atoms with E-state index in [1.54, 1.807) is 7.05 Å². The number of amides is 2. The molecule has 6 nitrogen and oxygen atoms in total. The molecule has 2 N–H and O–H groups in total. The predicted octanol–water partition coefficient (Wildman–Crippen LogP) is 0.116. The zero-order valence-corrected chi connectivity index (χ0v) is 10.8. The monoisotopic (exact) mass is 263 g/mol. The zero-order chi connectivity index (χ0) is 13.8. The minimum atomic E-state index is -0.481. The third-order valence-corrected chi connectivity index (χ3v) is 3.37. The van der Waals surface area contributed by atoms with E-state index < -0.39 is 6.04 Å². The van der Waals surface area contributed by atoms with E-state index in [1.165, 1.54) is 23.4 Å². The van der Waals surface area contributed by atoms with Crippen molar-refractivity contribution in [1.82, 2.24) is 15.2 Å². The van der Waals surface area contributed by atoms with E-state index in [-0.39, 0.29) is 22.8 Å². The molecule has 0 aliphatic carbocycles. The van der Waals surface area contributed by atoms with Gasteiger partial charge in [0.1, 0.15) is 11.6 Å². The van der Waals surface area contributed by atoms with Crippen molar-refractivity contribution in [1.29, 1.82) is 0 Å². The summed E-state index contributed by atoms with van der Waals surface area (Å²) in [5.74, 6) is -0.560. The molecule has 102 valence electrons. The molecule has 1 aromatic rings. The van der Waals surface area contributed by atoms with Crippen molar-refractivity contribution in [3.05, 3.63) is 34.2 Å². The molecule has 2 rings (SSSR count). The molecule has 0 radical (unpaired) electrons. The maximum atomic E-state index is 12.4. The Morgan fingerprint density at radius 1 is 1.42 bits per heavy atom. The standard InChI is InChI=1S/C13H17N3O3/c1-14-12(18)10-4-2-3-7-16(10)13(19)9-8-15-6-5-11(9)17/h5-6,8,10H,2-4,7H2,1H3,(H,14,18)(H,15,17). The van der Waals surface area contributed by atoms with E-state index in [9.17, 15) is 14.4 Å². The number of piperidine rings is 1. The first-order valence-corrected chi connectivity index (χ1v) is 6.35. The van der Waals surface area contributed by atoms with Crippen LogP contribution in [0.15, 0.2) is 23.3 Å². The molecule has 1 atom stereocenters. The molecule has 1 aliphatic rings. The van der Waals surface area contributed by atoms with Crippen LogP contribution < -0.4 is 10.7 Å². The second kappa shape index (κ2) is 5.69. The van der Waals surface area contributed by atoms with Gasteiger partial charge in [-0.15, -0.1) is 0 Å². The van der Waals surface area contributed by atoms with E-state index >= 15 is 0 Å². The maximum absolute atomic E-state index is 12.4. The quantitative estimate of drug-likeness (QED) is 0.795. The molecule has 2 heterocycles. The third kappa shape index (κ3) is 2.67. The number of carbonyl (C=O) groups is 2. The fourth-order valence-electron chi connectivity index (χ4n) is 2.35. The fraction of sp³-hybridized carbons (Fsp3) is 0.462. The number of hydrogen-bond acceptors (Lipinski definition) is 3. The summed E-state index contributed by atoms with van der Waals surface area (Å²) >= 11 is 0. The van der Waals surface area contributed by atoms with Crippen LogP contribution >= 0.6 is 0 Å². The van der Waals surface area contributed by atoms with Gasteiger partial charge in [-0.25, -0.2) is 0 Å².